The highest BCUT2D eigenvalue weighted by Crippen LogP contribution is 2.62. The van der Waals surface area contributed by atoms with Crippen molar-refractivity contribution < 1.29 is 0 Å². The summed E-state index contributed by atoms with van der Waals surface area (Å²) in [7, 11) is 0.138. The molecule has 2 aliphatic rings. The zero-order valence-corrected chi connectivity index (χ0v) is 9.89. The van der Waals surface area contributed by atoms with Crippen LogP contribution in [-0.4, -0.2) is 6.16 Å². The molecule has 2 aliphatic heterocycles. The predicted molar refractivity (Wildman–Crippen MR) is 65.9 cm³/mol. The maximum atomic E-state index is 2.37. The van der Waals surface area contributed by atoms with Crippen molar-refractivity contribution in [3.63, 3.8) is 0 Å². The molecule has 0 N–H and O–H groups in total. The average Bonchev–Trinajstić information content (AvgIpc) is 2.41. The Balaban J connectivity index is 1.99. The van der Waals surface area contributed by atoms with Crippen LogP contribution in [0.1, 0.15) is 39.0 Å². The number of allylic oxidation sites excluding steroid dienone is 6. The van der Waals surface area contributed by atoms with E-state index in [4.69, 9.17) is 0 Å². The second-order valence-electron chi connectivity index (χ2n) is 4.06. The summed E-state index contributed by atoms with van der Waals surface area (Å²) in [6.45, 7) is 2.29. The van der Waals surface area contributed by atoms with Crippen molar-refractivity contribution in [1.82, 2.24) is 0 Å². The third kappa shape index (κ3) is 2.17. The number of hydrogen-bond acceptors (Lipinski definition) is 0. The number of rotatable bonds is 4. The van der Waals surface area contributed by atoms with E-state index in [1.54, 1.807) is 10.6 Å². The van der Waals surface area contributed by atoms with Crippen LogP contribution in [0.4, 0.5) is 0 Å². The first kappa shape index (κ1) is 10.2. The molecule has 0 radical (unpaired) electrons. The van der Waals surface area contributed by atoms with Crippen LogP contribution in [0, 0.1) is 0 Å². The molecular weight excluding hydrogens is 187 g/mol. The van der Waals surface area contributed by atoms with Gasteiger partial charge in [0.05, 0.1) is 0 Å². The molecule has 0 atom stereocenters. The smallest absolute Gasteiger partial charge is 0.0230 e. The number of unbranched alkanes of at least 4 members (excludes halogenated alkanes) is 2. The molecule has 1 saturated heterocycles. The third-order valence-corrected chi connectivity index (χ3v) is 5.90. The van der Waals surface area contributed by atoms with Crippen molar-refractivity contribution in [3.05, 3.63) is 34.9 Å². The third-order valence-electron chi connectivity index (χ3n) is 3.00. The Morgan fingerprint density at radius 1 is 1.07 bits per heavy atom. The maximum absolute atomic E-state index is 2.37. The van der Waals surface area contributed by atoms with Crippen molar-refractivity contribution in [3.8, 4) is 0 Å². The number of hydrogen-bond donors (Lipinski definition) is 0. The van der Waals surface area contributed by atoms with Gasteiger partial charge < -0.3 is 0 Å². The fraction of sp³-hybridized carbons (Fsp3) is 0.538. The van der Waals surface area contributed by atoms with Crippen LogP contribution in [-0.2, 0) is 0 Å². The van der Waals surface area contributed by atoms with E-state index in [9.17, 15) is 0 Å². The first-order valence-corrected chi connectivity index (χ1v) is 7.28. The lowest BCUT2D eigenvalue weighted by atomic mass is 10.2. The molecule has 0 saturated carbocycles. The van der Waals surface area contributed by atoms with Crippen molar-refractivity contribution in [2.45, 2.75) is 39.0 Å². The molecule has 0 unspecified atom stereocenters. The fourth-order valence-electron chi connectivity index (χ4n) is 2.20. The molecule has 1 fully saturated rings. The van der Waals surface area contributed by atoms with E-state index in [2.05, 4.69) is 31.2 Å². The largest absolute Gasteiger partial charge is 0.0654 e. The molecule has 1 heteroatoms. The van der Waals surface area contributed by atoms with Gasteiger partial charge in [-0.25, -0.2) is 0 Å². The van der Waals surface area contributed by atoms with E-state index < -0.39 is 0 Å². The quantitative estimate of drug-likeness (QED) is 0.458. The lowest BCUT2D eigenvalue weighted by Crippen LogP contribution is -1.84. The Kier molecular flexibility index (Phi) is 3.59. The van der Waals surface area contributed by atoms with Crippen molar-refractivity contribution in [2.24, 2.45) is 0 Å². The Hall–Kier alpha value is -0.350. The van der Waals surface area contributed by atoms with Gasteiger partial charge in [0.25, 0.3) is 0 Å². The second kappa shape index (κ2) is 4.94. The normalized spacial score (nSPS) is 20.6. The molecule has 0 nitrogen and oxygen atoms in total. The molecule has 0 aliphatic carbocycles. The van der Waals surface area contributed by atoms with E-state index in [1.807, 2.05) is 0 Å². The lowest BCUT2D eigenvalue weighted by Gasteiger charge is -2.13. The highest BCUT2D eigenvalue weighted by atomic mass is 31.1. The molecule has 0 aromatic heterocycles. The van der Waals surface area contributed by atoms with E-state index in [0.29, 0.717) is 0 Å². The van der Waals surface area contributed by atoms with Crippen LogP contribution < -0.4 is 0 Å². The first-order valence-electron chi connectivity index (χ1n) is 5.76. The molecule has 2 heterocycles. The van der Waals surface area contributed by atoms with Gasteiger partial charge in [0.15, 0.2) is 0 Å². The zero-order chi connectivity index (χ0) is 9.80. The molecular formula is C13H19P. The molecule has 2 rings (SSSR count). The van der Waals surface area contributed by atoms with E-state index in [-0.39, 0.29) is 7.92 Å². The first-order chi connectivity index (χ1) is 6.92. The summed E-state index contributed by atoms with van der Waals surface area (Å²) >= 11 is 0. The number of fused-ring (bicyclic) bond motifs is 2. The Morgan fingerprint density at radius 2 is 1.71 bits per heavy atom. The summed E-state index contributed by atoms with van der Waals surface area (Å²) in [4.78, 5) is 0. The summed E-state index contributed by atoms with van der Waals surface area (Å²) in [5.74, 6) is 0. The van der Waals surface area contributed by atoms with Crippen LogP contribution in [0.2, 0.25) is 0 Å². The molecule has 0 aromatic rings. The van der Waals surface area contributed by atoms with Gasteiger partial charge in [-0.05, 0) is 36.1 Å². The lowest BCUT2D eigenvalue weighted by molar-refractivity contribution is 0.776. The van der Waals surface area contributed by atoms with Crippen LogP contribution in [0.25, 0.3) is 0 Å². The van der Waals surface area contributed by atoms with Gasteiger partial charge in [-0.3, -0.25) is 0 Å². The minimum Gasteiger partial charge on any atom is -0.0654 e. The Bertz CT molecular complexity index is 260. The monoisotopic (exact) mass is 206 g/mol. The van der Waals surface area contributed by atoms with Gasteiger partial charge in [0.2, 0.25) is 0 Å². The van der Waals surface area contributed by atoms with Gasteiger partial charge in [-0.2, -0.15) is 0 Å². The van der Waals surface area contributed by atoms with Gasteiger partial charge >= 0.3 is 0 Å². The van der Waals surface area contributed by atoms with Gasteiger partial charge in [-0.15, -0.1) is 0 Å². The van der Waals surface area contributed by atoms with Crippen molar-refractivity contribution >= 4 is 7.92 Å². The van der Waals surface area contributed by atoms with E-state index >= 15 is 0 Å². The standard InChI is InChI=1S/C13H19P/c1-2-3-6-11-14-12-7-4-5-8-13(14)10-9-12/h4-5,7-8H,2-3,6,9-11H2,1H3. The van der Waals surface area contributed by atoms with Gasteiger partial charge in [0.1, 0.15) is 0 Å². The van der Waals surface area contributed by atoms with Crippen LogP contribution in [0.3, 0.4) is 0 Å². The Labute approximate surface area is 88.5 Å². The zero-order valence-electron chi connectivity index (χ0n) is 9.00. The fourth-order valence-corrected chi connectivity index (χ4v) is 4.98. The van der Waals surface area contributed by atoms with Crippen molar-refractivity contribution in [2.75, 3.05) is 6.16 Å². The predicted octanol–water partition coefficient (Wildman–Crippen LogP) is 4.79. The van der Waals surface area contributed by atoms with Crippen molar-refractivity contribution in [1.29, 1.82) is 0 Å². The summed E-state index contributed by atoms with van der Waals surface area (Å²) in [6, 6.07) is 0. The topological polar surface area (TPSA) is 0 Å². The molecule has 14 heavy (non-hydrogen) atoms. The molecule has 0 spiro atoms. The summed E-state index contributed by atoms with van der Waals surface area (Å²) in [5.41, 5.74) is 0. The minimum atomic E-state index is 0.138. The van der Waals surface area contributed by atoms with Crippen LogP contribution in [0.5, 0.6) is 0 Å². The highest BCUT2D eigenvalue weighted by Gasteiger charge is 2.24. The van der Waals surface area contributed by atoms with Gasteiger partial charge in [0, 0.05) is 0 Å². The highest BCUT2D eigenvalue weighted by molar-refractivity contribution is 7.66. The SMILES string of the molecule is CCCCCP1C2=CC=CC=C1CC2. The van der Waals surface area contributed by atoms with E-state index in [0.717, 1.165) is 0 Å². The average molecular weight is 206 g/mol. The molecule has 2 bridgehead atoms. The van der Waals surface area contributed by atoms with Crippen LogP contribution in [0.15, 0.2) is 34.9 Å². The second-order valence-corrected chi connectivity index (χ2v) is 6.51. The van der Waals surface area contributed by atoms with E-state index in [1.165, 1.54) is 38.3 Å². The maximum Gasteiger partial charge on any atom is -0.0230 e. The molecule has 0 amide bonds. The van der Waals surface area contributed by atoms with Gasteiger partial charge in [-0.1, -0.05) is 52.0 Å². The summed E-state index contributed by atoms with van der Waals surface area (Å²) in [5, 5.41) is 3.49. The summed E-state index contributed by atoms with van der Waals surface area (Å²) < 4.78 is 0. The molecule has 76 valence electrons. The molecule has 0 aromatic carbocycles. The van der Waals surface area contributed by atoms with Crippen LogP contribution >= 0.6 is 7.92 Å². The Morgan fingerprint density at radius 3 is 2.29 bits per heavy atom. The minimum absolute atomic E-state index is 0.138. The summed E-state index contributed by atoms with van der Waals surface area (Å²) in [6.07, 6.45) is 17.5.